The van der Waals surface area contributed by atoms with Crippen LogP contribution >= 0.6 is 0 Å². The zero-order chi connectivity index (χ0) is 17.8. The molecule has 9 heteroatoms. The summed E-state index contributed by atoms with van der Waals surface area (Å²) in [6, 6.07) is 9.14. The van der Waals surface area contributed by atoms with Gasteiger partial charge in [-0.15, -0.1) is 0 Å². The second kappa shape index (κ2) is 7.35. The van der Waals surface area contributed by atoms with E-state index in [-0.39, 0.29) is 18.8 Å². The molecule has 0 aliphatic carbocycles. The van der Waals surface area contributed by atoms with Crippen molar-refractivity contribution >= 4 is 5.82 Å². The summed E-state index contributed by atoms with van der Waals surface area (Å²) in [6.45, 7) is -0.297. The summed E-state index contributed by atoms with van der Waals surface area (Å²) in [5, 5.41) is 13.0. The maximum atomic E-state index is 12.2. The number of hydrogen-bond donors (Lipinski definition) is 2. The number of aliphatic hydroxyl groups excluding tert-OH is 1. The van der Waals surface area contributed by atoms with Crippen molar-refractivity contribution in [2.24, 2.45) is 5.11 Å². The molecule has 1 aromatic carbocycles. The van der Waals surface area contributed by atoms with Crippen LogP contribution in [0.4, 0.5) is 5.82 Å². The van der Waals surface area contributed by atoms with Gasteiger partial charge >= 0.3 is 5.69 Å². The molecule has 130 valence electrons. The summed E-state index contributed by atoms with van der Waals surface area (Å²) in [5.74, 6) is 0.174. The van der Waals surface area contributed by atoms with E-state index in [1.54, 1.807) is 6.20 Å². The average Bonchev–Trinajstić information content (AvgIpc) is 3.01. The van der Waals surface area contributed by atoms with Gasteiger partial charge in [0, 0.05) is 29.5 Å². The van der Waals surface area contributed by atoms with Crippen LogP contribution in [0.5, 0.6) is 0 Å². The van der Waals surface area contributed by atoms with Crippen LogP contribution < -0.4 is 11.4 Å². The highest BCUT2D eigenvalue weighted by atomic mass is 16.5. The van der Waals surface area contributed by atoms with Gasteiger partial charge in [0.1, 0.15) is 12.0 Å². The lowest BCUT2D eigenvalue weighted by atomic mass is 10.1. The number of aliphatic hydroxyl groups is 1. The van der Waals surface area contributed by atoms with Crippen LogP contribution in [0.3, 0.4) is 0 Å². The van der Waals surface area contributed by atoms with E-state index in [2.05, 4.69) is 15.0 Å². The molecule has 1 aromatic heterocycles. The number of ether oxygens (including phenoxy) is 1. The second-order valence-corrected chi connectivity index (χ2v) is 5.82. The fourth-order valence-corrected chi connectivity index (χ4v) is 2.92. The first-order chi connectivity index (χ1) is 12.1. The Morgan fingerprint density at radius 3 is 2.88 bits per heavy atom. The number of rotatable bonds is 5. The van der Waals surface area contributed by atoms with Crippen LogP contribution in [0.1, 0.15) is 23.8 Å². The molecular formula is C16H18N6O3. The quantitative estimate of drug-likeness (QED) is 0.480. The fraction of sp³-hybridized carbons (Fsp3) is 0.375. The second-order valence-electron chi connectivity index (χ2n) is 5.82. The molecule has 1 fully saturated rings. The number of azide groups is 1. The van der Waals surface area contributed by atoms with Gasteiger partial charge in [-0.2, -0.15) is 4.98 Å². The summed E-state index contributed by atoms with van der Waals surface area (Å²) in [4.78, 5) is 18.9. The molecule has 3 unspecified atom stereocenters. The number of benzene rings is 1. The zero-order valence-electron chi connectivity index (χ0n) is 13.4. The molecule has 1 aliphatic rings. The van der Waals surface area contributed by atoms with E-state index >= 15 is 0 Å². The molecule has 3 N–H and O–H groups in total. The molecule has 0 amide bonds. The number of aromatic nitrogens is 2. The number of nitrogens with zero attached hydrogens (tertiary/aromatic N) is 5. The van der Waals surface area contributed by atoms with E-state index in [1.807, 2.05) is 30.3 Å². The van der Waals surface area contributed by atoms with E-state index in [4.69, 9.17) is 16.0 Å². The molecule has 2 aromatic rings. The smallest absolute Gasteiger partial charge is 0.351 e. The molecule has 0 radical (unpaired) electrons. The maximum Gasteiger partial charge on any atom is 0.351 e. The van der Waals surface area contributed by atoms with E-state index in [1.165, 1.54) is 4.57 Å². The molecule has 0 bridgehead atoms. The SMILES string of the molecule is [N-]=[N+]=NC1CC(n2cc(Cc3ccccc3)c(N)nc2=O)OC1CO. The highest BCUT2D eigenvalue weighted by molar-refractivity contribution is 5.40. The van der Waals surface area contributed by atoms with Crippen molar-refractivity contribution in [1.82, 2.24) is 9.55 Å². The third-order valence-electron chi connectivity index (χ3n) is 4.19. The third kappa shape index (κ3) is 3.63. The summed E-state index contributed by atoms with van der Waals surface area (Å²) in [6.07, 6.45) is 1.11. The van der Waals surface area contributed by atoms with E-state index < -0.39 is 24.1 Å². The Kier molecular flexibility index (Phi) is 4.99. The first-order valence-electron chi connectivity index (χ1n) is 7.84. The van der Waals surface area contributed by atoms with Gasteiger partial charge in [0.25, 0.3) is 0 Å². The summed E-state index contributed by atoms with van der Waals surface area (Å²) >= 11 is 0. The van der Waals surface area contributed by atoms with Gasteiger partial charge in [0.05, 0.1) is 18.8 Å². The number of nitrogen functional groups attached to an aromatic ring is 1. The van der Waals surface area contributed by atoms with Crippen LogP contribution in [0.25, 0.3) is 10.4 Å². The average molecular weight is 342 g/mol. The van der Waals surface area contributed by atoms with Crippen LogP contribution in [0, 0.1) is 0 Å². The number of nitrogens with two attached hydrogens (primary N) is 1. The predicted molar refractivity (Wildman–Crippen MR) is 90.7 cm³/mol. The summed E-state index contributed by atoms with van der Waals surface area (Å²) in [5.41, 5.74) is 15.7. The van der Waals surface area contributed by atoms with Crippen LogP contribution in [-0.2, 0) is 11.2 Å². The van der Waals surface area contributed by atoms with Crippen LogP contribution in [0.2, 0.25) is 0 Å². The van der Waals surface area contributed by atoms with E-state index in [0.29, 0.717) is 12.0 Å². The van der Waals surface area contributed by atoms with Crippen molar-refractivity contribution in [1.29, 1.82) is 0 Å². The number of hydrogen-bond acceptors (Lipinski definition) is 6. The normalized spacial score (nSPS) is 22.5. The third-order valence-corrected chi connectivity index (χ3v) is 4.19. The van der Waals surface area contributed by atoms with Gasteiger partial charge in [-0.1, -0.05) is 35.4 Å². The topological polar surface area (TPSA) is 139 Å². The lowest BCUT2D eigenvalue weighted by Crippen LogP contribution is -2.29. The molecule has 2 heterocycles. The minimum Gasteiger partial charge on any atom is -0.394 e. The van der Waals surface area contributed by atoms with Crippen LogP contribution in [-0.4, -0.2) is 33.4 Å². The van der Waals surface area contributed by atoms with Gasteiger partial charge in [-0.25, -0.2) is 4.79 Å². The standard InChI is InChI=1S/C16H18N6O3/c17-15-11(6-10-4-2-1-3-5-10)8-22(16(24)19-15)14-7-12(20-21-18)13(9-23)25-14/h1-5,8,12-14,23H,6-7,9H2,(H2,17,19,24). The Morgan fingerprint density at radius 2 is 2.20 bits per heavy atom. The monoisotopic (exact) mass is 342 g/mol. The predicted octanol–water partition coefficient (Wildman–Crippen LogP) is 1.37. The molecule has 3 atom stereocenters. The molecular weight excluding hydrogens is 324 g/mol. The Hall–Kier alpha value is -2.87. The highest BCUT2D eigenvalue weighted by Gasteiger charge is 2.36. The first kappa shape index (κ1) is 17.0. The minimum atomic E-state index is -0.664. The summed E-state index contributed by atoms with van der Waals surface area (Å²) < 4.78 is 6.99. The van der Waals surface area contributed by atoms with Crippen molar-refractivity contribution in [3.8, 4) is 0 Å². The molecule has 3 rings (SSSR count). The van der Waals surface area contributed by atoms with E-state index in [9.17, 15) is 9.90 Å². The van der Waals surface area contributed by atoms with Crippen molar-refractivity contribution in [2.75, 3.05) is 12.3 Å². The highest BCUT2D eigenvalue weighted by Crippen LogP contribution is 2.30. The largest absolute Gasteiger partial charge is 0.394 e. The van der Waals surface area contributed by atoms with Gasteiger partial charge in [0.15, 0.2) is 0 Å². The van der Waals surface area contributed by atoms with Crippen molar-refractivity contribution in [2.45, 2.75) is 31.2 Å². The zero-order valence-corrected chi connectivity index (χ0v) is 13.4. The van der Waals surface area contributed by atoms with Gasteiger partial charge in [-0.3, -0.25) is 4.57 Å². The Bertz CT molecular complexity index is 847. The molecule has 0 spiro atoms. The van der Waals surface area contributed by atoms with Gasteiger partial charge in [0.2, 0.25) is 0 Å². The Labute approximate surface area is 143 Å². The maximum absolute atomic E-state index is 12.2. The molecule has 25 heavy (non-hydrogen) atoms. The lowest BCUT2D eigenvalue weighted by Gasteiger charge is -2.16. The molecule has 9 nitrogen and oxygen atoms in total. The molecule has 0 saturated carbocycles. The lowest BCUT2D eigenvalue weighted by molar-refractivity contribution is -0.0270. The van der Waals surface area contributed by atoms with Crippen molar-refractivity contribution in [3.05, 3.63) is 68.6 Å². The molecule has 1 aliphatic heterocycles. The molecule has 1 saturated heterocycles. The Morgan fingerprint density at radius 1 is 1.44 bits per heavy atom. The van der Waals surface area contributed by atoms with E-state index in [0.717, 1.165) is 5.56 Å². The first-order valence-corrected chi connectivity index (χ1v) is 7.84. The van der Waals surface area contributed by atoms with Gasteiger partial charge < -0.3 is 15.6 Å². The Balaban J connectivity index is 1.90. The van der Waals surface area contributed by atoms with Gasteiger partial charge in [-0.05, 0) is 11.1 Å². The number of anilines is 1. The fourth-order valence-electron chi connectivity index (χ4n) is 2.92. The summed E-state index contributed by atoms with van der Waals surface area (Å²) in [7, 11) is 0. The van der Waals surface area contributed by atoms with Crippen LogP contribution in [0.15, 0.2) is 46.4 Å². The van der Waals surface area contributed by atoms with Crippen molar-refractivity contribution in [3.63, 3.8) is 0 Å². The van der Waals surface area contributed by atoms with Crippen molar-refractivity contribution < 1.29 is 9.84 Å². The minimum absolute atomic E-state index is 0.174.